The normalized spacial score (nSPS) is 11.5. The molecule has 0 fully saturated rings. The highest BCUT2D eigenvalue weighted by molar-refractivity contribution is 5.69. The minimum Gasteiger partial charge on any atom is -0.481 e. The maximum atomic E-state index is 11.6. The van der Waals surface area contributed by atoms with Crippen LogP contribution in [-0.4, -0.2) is 11.1 Å². The molecule has 0 rings (SSSR count). The fraction of sp³-hybridized carbons (Fsp3) is 0.969. The predicted octanol–water partition coefficient (Wildman–Crippen LogP) is 11.6. The van der Waals surface area contributed by atoms with Crippen molar-refractivity contribution in [3.05, 3.63) is 0 Å². The summed E-state index contributed by atoms with van der Waals surface area (Å²) in [5, 5.41) is 9.56. The zero-order valence-corrected chi connectivity index (χ0v) is 23.7. The first-order chi connectivity index (χ1) is 16.7. The fourth-order valence-corrected chi connectivity index (χ4v) is 5.21. The summed E-state index contributed by atoms with van der Waals surface area (Å²) < 4.78 is 0. The predicted molar refractivity (Wildman–Crippen MR) is 152 cm³/mol. The molecule has 0 spiro atoms. The van der Waals surface area contributed by atoms with Crippen LogP contribution >= 0.6 is 0 Å². The third-order valence-electron chi connectivity index (χ3n) is 7.66. The van der Waals surface area contributed by atoms with Crippen LogP contribution in [-0.2, 0) is 4.79 Å². The average Bonchev–Trinajstić information content (AvgIpc) is 2.83. The number of hydrogen-bond donors (Lipinski definition) is 1. The molecule has 0 aromatic rings. The molecule has 0 unspecified atom stereocenters. The molecule has 0 aromatic heterocycles. The zero-order valence-electron chi connectivity index (χ0n) is 23.7. The van der Waals surface area contributed by atoms with Gasteiger partial charge in [0, 0.05) is 0 Å². The largest absolute Gasteiger partial charge is 0.481 e. The van der Waals surface area contributed by atoms with Crippen LogP contribution in [0.15, 0.2) is 0 Å². The number of carboxylic acids is 1. The van der Waals surface area contributed by atoms with Gasteiger partial charge in [0.2, 0.25) is 0 Å². The van der Waals surface area contributed by atoms with Gasteiger partial charge >= 0.3 is 5.97 Å². The molecule has 0 radical (unpaired) electrons. The van der Waals surface area contributed by atoms with Crippen LogP contribution in [0.1, 0.15) is 194 Å². The van der Waals surface area contributed by atoms with Crippen molar-refractivity contribution in [1.82, 2.24) is 0 Å². The number of unbranched alkanes of at least 4 members (excludes halogenated alkanes) is 24. The van der Waals surface area contributed by atoms with E-state index >= 15 is 0 Å². The van der Waals surface area contributed by atoms with E-state index in [1.807, 2.05) is 0 Å². The Morgan fingerprint density at radius 2 is 0.618 bits per heavy atom. The smallest absolute Gasteiger partial charge is 0.306 e. The van der Waals surface area contributed by atoms with Crippen molar-refractivity contribution < 1.29 is 9.90 Å². The summed E-state index contributed by atoms with van der Waals surface area (Å²) in [5.74, 6) is -0.654. The van der Waals surface area contributed by atoms with E-state index in [1.165, 1.54) is 154 Å². The topological polar surface area (TPSA) is 37.3 Å². The lowest BCUT2D eigenvalue weighted by atomic mass is 9.94. The van der Waals surface area contributed by atoms with Crippen molar-refractivity contribution >= 4 is 5.97 Å². The minimum absolute atomic E-state index is 0.0968. The quantitative estimate of drug-likeness (QED) is 0.108. The lowest BCUT2D eigenvalue weighted by Gasteiger charge is -2.12. The van der Waals surface area contributed by atoms with E-state index in [-0.39, 0.29) is 5.92 Å². The van der Waals surface area contributed by atoms with E-state index in [0.29, 0.717) is 0 Å². The number of hydrogen-bond acceptors (Lipinski definition) is 1. The maximum absolute atomic E-state index is 11.6. The highest BCUT2D eigenvalue weighted by Crippen LogP contribution is 2.20. The highest BCUT2D eigenvalue weighted by atomic mass is 16.4. The first-order valence-corrected chi connectivity index (χ1v) is 15.9. The van der Waals surface area contributed by atoms with E-state index in [2.05, 4.69) is 13.8 Å². The van der Waals surface area contributed by atoms with Gasteiger partial charge in [-0.15, -0.1) is 0 Å². The van der Waals surface area contributed by atoms with Crippen molar-refractivity contribution in [3.63, 3.8) is 0 Å². The van der Waals surface area contributed by atoms with Gasteiger partial charge in [-0.05, 0) is 12.8 Å². The van der Waals surface area contributed by atoms with E-state index in [9.17, 15) is 9.90 Å². The lowest BCUT2D eigenvalue weighted by Crippen LogP contribution is -2.13. The molecule has 0 amide bonds. The second-order valence-corrected chi connectivity index (χ2v) is 11.1. The van der Waals surface area contributed by atoms with E-state index < -0.39 is 5.97 Å². The fourth-order valence-electron chi connectivity index (χ4n) is 5.21. The van der Waals surface area contributed by atoms with Gasteiger partial charge < -0.3 is 5.11 Å². The minimum atomic E-state index is -0.558. The molecule has 34 heavy (non-hydrogen) atoms. The zero-order chi connectivity index (χ0) is 25.0. The second-order valence-electron chi connectivity index (χ2n) is 11.1. The highest BCUT2D eigenvalue weighted by Gasteiger charge is 2.16. The summed E-state index contributed by atoms with van der Waals surface area (Å²) in [4.78, 5) is 11.6. The van der Waals surface area contributed by atoms with Gasteiger partial charge in [0.25, 0.3) is 0 Å². The molecule has 0 aliphatic carbocycles. The lowest BCUT2D eigenvalue weighted by molar-refractivity contribution is -0.142. The SMILES string of the molecule is CCCCCCCCCCCCCCCC(CCCCCCCCCCCCCCC)C(=O)O. The molecule has 0 saturated carbocycles. The Balaban J connectivity index is 3.41. The van der Waals surface area contributed by atoms with Crippen LogP contribution in [0.3, 0.4) is 0 Å². The standard InChI is InChI=1S/C32H64O2/c1-3-5-7-9-11-13-15-17-19-21-23-25-27-29-31(32(33)34)30-28-26-24-22-20-18-16-14-12-10-8-6-4-2/h31H,3-30H2,1-2H3,(H,33,34). The van der Waals surface area contributed by atoms with Gasteiger partial charge in [-0.3, -0.25) is 4.79 Å². The first kappa shape index (κ1) is 33.5. The monoisotopic (exact) mass is 480 g/mol. The molecule has 0 heterocycles. The van der Waals surface area contributed by atoms with Gasteiger partial charge in [-0.2, -0.15) is 0 Å². The van der Waals surface area contributed by atoms with Crippen LogP contribution in [0.5, 0.6) is 0 Å². The molecule has 0 aliphatic rings. The van der Waals surface area contributed by atoms with Crippen LogP contribution in [0.25, 0.3) is 0 Å². The Labute approximate surface area is 215 Å². The number of aliphatic carboxylic acids is 1. The second kappa shape index (κ2) is 28.7. The number of carbonyl (C=O) groups is 1. The van der Waals surface area contributed by atoms with Crippen molar-refractivity contribution in [1.29, 1.82) is 0 Å². The molecule has 204 valence electrons. The van der Waals surface area contributed by atoms with Crippen LogP contribution in [0.2, 0.25) is 0 Å². The molecule has 2 heteroatoms. The van der Waals surface area contributed by atoms with Gasteiger partial charge in [0.15, 0.2) is 0 Å². The number of rotatable bonds is 29. The summed E-state index contributed by atoms with van der Waals surface area (Å²) in [6, 6.07) is 0. The van der Waals surface area contributed by atoms with E-state index in [0.717, 1.165) is 25.7 Å². The molecule has 0 saturated heterocycles. The summed E-state index contributed by atoms with van der Waals surface area (Å²) in [7, 11) is 0. The Bertz CT molecular complexity index is 362. The van der Waals surface area contributed by atoms with Crippen molar-refractivity contribution in [3.8, 4) is 0 Å². The molecule has 0 aromatic carbocycles. The van der Waals surface area contributed by atoms with Crippen LogP contribution < -0.4 is 0 Å². The Hall–Kier alpha value is -0.530. The molecule has 0 atom stereocenters. The van der Waals surface area contributed by atoms with Gasteiger partial charge in [-0.25, -0.2) is 0 Å². The van der Waals surface area contributed by atoms with E-state index in [1.54, 1.807) is 0 Å². The van der Waals surface area contributed by atoms with Gasteiger partial charge in [0.05, 0.1) is 5.92 Å². The summed E-state index contributed by atoms with van der Waals surface area (Å²) in [6.45, 7) is 4.56. The first-order valence-electron chi connectivity index (χ1n) is 15.9. The third kappa shape index (κ3) is 26.1. The molecule has 1 N–H and O–H groups in total. The Morgan fingerprint density at radius 3 is 0.824 bits per heavy atom. The molecular formula is C32H64O2. The molecule has 0 bridgehead atoms. The average molecular weight is 481 g/mol. The summed E-state index contributed by atoms with van der Waals surface area (Å²) in [5.41, 5.74) is 0. The molecule has 0 aliphatic heterocycles. The van der Waals surface area contributed by atoms with Crippen LogP contribution in [0.4, 0.5) is 0 Å². The molecular weight excluding hydrogens is 416 g/mol. The van der Waals surface area contributed by atoms with Crippen LogP contribution in [0, 0.1) is 5.92 Å². The Kier molecular flexibility index (Phi) is 28.3. The van der Waals surface area contributed by atoms with E-state index in [4.69, 9.17) is 0 Å². The van der Waals surface area contributed by atoms with Crippen molar-refractivity contribution in [2.24, 2.45) is 5.92 Å². The van der Waals surface area contributed by atoms with Crippen molar-refractivity contribution in [2.75, 3.05) is 0 Å². The maximum Gasteiger partial charge on any atom is 0.306 e. The third-order valence-corrected chi connectivity index (χ3v) is 7.66. The van der Waals surface area contributed by atoms with Gasteiger partial charge in [0.1, 0.15) is 0 Å². The van der Waals surface area contributed by atoms with Gasteiger partial charge in [-0.1, -0.05) is 181 Å². The molecule has 2 nitrogen and oxygen atoms in total. The Morgan fingerprint density at radius 1 is 0.412 bits per heavy atom. The van der Waals surface area contributed by atoms with Crippen molar-refractivity contribution in [2.45, 2.75) is 194 Å². The number of carboxylic acid groups (broad SMARTS) is 1. The summed E-state index contributed by atoms with van der Waals surface area (Å²) >= 11 is 0. The summed E-state index contributed by atoms with van der Waals surface area (Å²) in [6.07, 6.45) is 36.9.